The Hall–Kier alpha value is -12.4. The molecule has 25 heteroatoms. The average molecular weight is 1390 g/mol. The number of hydrogen-bond acceptors (Lipinski definition) is 16. The summed E-state index contributed by atoms with van der Waals surface area (Å²) in [6, 6.07) is 36.7. The fourth-order valence-corrected chi connectivity index (χ4v) is 11.4. The largest absolute Gasteiger partial charge is 0.508 e. The summed E-state index contributed by atoms with van der Waals surface area (Å²) in [5.41, 5.74) is 0.513. The van der Waals surface area contributed by atoms with E-state index in [0.717, 1.165) is 23.8 Å². The number of aliphatic carboxylic acids is 1. The Morgan fingerprint density at radius 3 is 1.21 bits per heavy atom. The molecule has 8 rings (SSSR count). The van der Waals surface area contributed by atoms with E-state index < -0.39 is 125 Å². The van der Waals surface area contributed by atoms with E-state index in [1.165, 1.54) is 97.1 Å². The molecular weight excluding hydrogens is 1310 g/mol. The molecule has 532 valence electrons. The van der Waals surface area contributed by atoms with Crippen LogP contribution in [-0.2, 0) is 61.5 Å². The Kier molecular flexibility index (Phi) is 25.0. The number of amides is 8. The molecule has 0 heterocycles. The summed E-state index contributed by atoms with van der Waals surface area (Å²) < 4.78 is 5.49. The van der Waals surface area contributed by atoms with Crippen LogP contribution >= 0.6 is 0 Å². The van der Waals surface area contributed by atoms with E-state index in [1.54, 1.807) is 95.3 Å². The molecule has 0 aromatic heterocycles. The average Bonchev–Trinajstić information content (AvgIpc) is 0.752. The highest BCUT2D eigenvalue weighted by atomic mass is 16.6. The van der Waals surface area contributed by atoms with E-state index in [4.69, 9.17) is 4.74 Å². The number of carboxylic acid groups (broad SMARTS) is 1. The topological polar surface area (TPSA) is 401 Å². The van der Waals surface area contributed by atoms with Crippen molar-refractivity contribution in [3.8, 4) is 34.5 Å². The van der Waals surface area contributed by atoms with Crippen LogP contribution in [-0.4, -0.2) is 119 Å². The number of carbonyl (C=O) groups excluding carboxylic acids is 8. The summed E-state index contributed by atoms with van der Waals surface area (Å²) in [6.07, 6.45) is -2.47. The maximum absolute atomic E-state index is 15.8. The van der Waals surface area contributed by atoms with Crippen LogP contribution in [0.1, 0.15) is 116 Å². The molecule has 0 radical (unpaired) electrons. The molecule has 0 aliphatic carbocycles. The number of aryl methyl sites for hydroxylation is 1. The molecule has 7 atom stereocenters. The molecule has 25 nitrogen and oxygen atoms in total. The molecular formula is C77H82N8O17. The maximum atomic E-state index is 15.8. The fourth-order valence-electron chi connectivity index (χ4n) is 11.4. The number of carboxylic acids is 1. The Balaban J connectivity index is 1.20. The molecule has 0 aliphatic heterocycles. The lowest BCUT2D eigenvalue weighted by atomic mass is 9.76. The zero-order valence-corrected chi connectivity index (χ0v) is 56.7. The van der Waals surface area contributed by atoms with E-state index in [-0.39, 0.29) is 64.9 Å². The van der Waals surface area contributed by atoms with Crippen molar-refractivity contribution in [2.24, 2.45) is 5.92 Å². The Bertz CT molecular complexity index is 4190. The standard InChI is InChI=1S/C77H82N8O17/c1-44(2)37-60(81-75(101)102-76(4,5)6)68(93)78-61(38-46-19-29-54(86)30-20-46)69(94)79-63(43-64(92)85-77(51-13-9-7-10-14-51,52-15-11-8-12-16-52)53-27-17-45(3)18-28-53)71(96)82-66(49-25-35-57(89)36-26-49)73(98)83-65(48-23-33-56(88)34-24-48)72(97)80-62(39-47-21-31-55(87)32-22-47)70(95)84-67(74(99)100)50-40-58(90)42-59(91)41-50/h7-36,40-42,44,60-63,65-67,86-91H,37-39,43H2,1-6H3,(H,78,93)(H,79,94)(H,80,97)(H,81,101)(H,82,96)(H,83,98)(H,84,95)(H,85,92)(H,99,100)/t60-,61-,62+,63+,65-,66-,67+/m1/s1. The van der Waals surface area contributed by atoms with Crippen molar-refractivity contribution >= 4 is 53.4 Å². The minimum absolute atomic E-state index is 0.0359. The molecule has 8 aromatic rings. The number of alkyl carbamates (subject to hydrolysis) is 1. The first-order valence-corrected chi connectivity index (χ1v) is 32.6. The van der Waals surface area contributed by atoms with Gasteiger partial charge in [0.25, 0.3) is 0 Å². The number of benzene rings is 8. The van der Waals surface area contributed by atoms with Gasteiger partial charge in [-0.15, -0.1) is 0 Å². The molecule has 102 heavy (non-hydrogen) atoms. The second-order valence-corrected chi connectivity index (χ2v) is 26.0. The molecule has 0 saturated carbocycles. The zero-order valence-electron chi connectivity index (χ0n) is 56.7. The highest BCUT2D eigenvalue weighted by Crippen LogP contribution is 2.38. The predicted octanol–water partition coefficient (Wildman–Crippen LogP) is 7.56. The van der Waals surface area contributed by atoms with Crippen LogP contribution in [0.5, 0.6) is 34.5 Å². The SMILES string of the molecule is Cc1ccc(C(NC(=O)C[C@H](NC(=O)[C@@H](Cc2ccc(O)cc2)NC(=O)[C@@H](CC(C)C)NC(=O)OC(C)(C)C)C(=O)N[C@@H](C(=O)N[C@@H](C(=O)N[C@@H](Cc2ccc(O)cc2)C(=O)N[C@H](C(=O)O)c2cc(O)cc(O)c2)c2ccc(O)cc2)c2ccc(O)cc2)(c2ccccc2)c2ccccc2)cc1. The number of ether oxygens (including phenoxy) is 1. The van der Waals surface area contributed by atoms with Crippen LogP contribution in [0.15, 0.2) is 200 Å². The Labute approximate surface area is 588 Å². The quantitative estimate of drug-likeness (QED) is 0.0201. The highest BCUT2D eigenvalue weighted by Gasteiger charge is 2.41. The molecule has 0 bridgehead atoms. The van der Waals surface area contributed by atoms with Gasteiger partial charge in [-0.25, -0.2) is 9.59 Å². The van der Waals surface area contributed by atoms with Gasteiger partial charge in [0.1, 0.15) is 81.9 Å². The Morgan fingerprint density at radius 1 is 0.392 bits per heavy atom. The van der Waals surface area contributed by atoms with Crippen LogP contribution < -0.4 is 42.5 Å². The number of phenols is 6. The van der Waals surface area contributed by atoms with Gasteiger partial charge in [-0.2, -0.15) is 0 Å². The van der Waals surface area contributed by atoms with Gasteiger partial charge < -0.3 is 83.0 Å². The lowest BCUT2D eigenvalue weighted by Crippen LogP contribution is -2.59. The molecule has 0 fully saturated rings. The van der Waals surface area contributed by atoms with Crippen LogP contribution in [0.25, 0.3) is 0 Å². The number of hydrogen-bond donors (Lipinski definition) is 15. The van der Waals surface area contributed by atoms with E-state index in [0.29, 0.717) is 27.8 Å². The first-order valence-electron chi connectivity index (χ1n) is 32.6. The van der Waals surface area contributed by atoms with Crippen LogP contribution in [0.3, 0.4) is 0 Å². The van der Waals surface area contributed by atoms with Crippen LogP contribution in [0, 0.1) is 12.8 Å². The van der Waals surface area contributed by atoms with Gasteiger partial charge in [0.05, 0.1) is 6.42 Å². The molecule has 0 unspecified atom stereocenters. The molecule has 0 spiro atoms. The summed E-state index contributed by atoms with van der Waals surface area (Å²) in [4.78, 5) is 132. The van der Waals surface area contributed by atoms with Crippen molar-refractivity contribution in [2.75, 3.05) is 0 Å². The second kappa shape index (κ2) is 33.9. The summed E-state index contributed by atoms with van der Waals surface area (Å²) in [5.74, 6) is -11.2. The summed E-state index contributed by atoms with van der Waals surface area (Å²) in [6.45, 7) is 10.4. The second-order valence-electron chi connectivity index (χ2n) is 26.0. The molecule has 8 aromatic carbocycles. The van der Waals surface area contributed by atoms with E-state index in [2.05, 4.69) is 42.5 Å². The first-order chi connectivity index (χ1) is 48.4. The third-order valence-electron chi connectivity index (χ3n) is 16.3. The van der Waals surface area contributed by atoms with Gasteiger partial charge in [-0.3, -0.25) is 33.6 Å². The molecule has 0 saturated heterocycles. The number of aromatic hydroxyl groups is 6. The minimum Gasteiger partial charge on any atom is -0.508 e. The molecule has 15 N–H and O–H groups in total. The minimum atomic E-state index is -1.99. The van der Waals surface area contributed by atoms with Crippen molar-refractivity contribution in [3.05, 3.63) is 250 Å². The van der Waals surface area contributed by atoms with Gasteiger partial charge in [-0.1, -0.05) is 153 Å². The first kappa shape index (κ1) is 75.4. The Morgan fingerprint density at radius 2 is 0.765 bits per heavy atom. The van der Waals surface area contributed by atoms with Crippen molar-refractivity contribution in [3.63, 3.8) is 0 Å². The van der Waals surface area contributed by atoms with Crippen molar-refractivity contribution in [1.29, 1.82) is 0 Å². The number of carbonyl (C=O) groups is 9. The predicted molar refractivity (Wildman–Crippen MR) is 375 cm³/mol. The van der Waals surface area contributed by atoms with Crippen LogP contribution in [0.2, 0.25) is 0 Å². The highest BCUT2D eigenvalue weighted by molar-refractivity contribution is 5.99. The zero-order chi connectivity index (χ0) is 74.0. The monoisotopic (exact) mass is 1390 g/mol. The third-order valence-corrected chi connectivity index (χ3v) is 16.3. The van der Waals surface area contributed by atoms with Gasteiger partial charge in [-0.05, 0) is 145 Å². The summed E-state index contributed by atoms with van der Waals surface area (Å²) >= 11 is 0. The lowest BCUT2D eigenvalue weighted by molar-refractivity contribution is -0.142. The van der Waals surface area contributed by atoms with Gasteiger partial charge >= 0.3 is 12.1 Å². The molecule has 0 aliphatic rings. The van der Waals surface area contributed by atoms with E-state index in [1.807, 2.05) is 31.2 Å². The van der Waals surface area contributed by atoms with Gasteiger partial charge in [0.15, 0.2) is 6.04 Å². The number of phenolic OH excluding ortho intramolecular Hbond substituents is 6. The number of nitrogens with one attached hydrogen (secondary N) is 8. The normalized spacial score (nSPS) is 13.4. The van der Waals surface area contributed by atoms with Gasteiger partial charge in [0, 0.05) is 18.9 Å². The summed E-state index contributed by atoms with van der Waals surface area (Å²) in [5, 5.41) is 93.7. The van der Waals surface area contributed by atoms with Crippen molar-refractivity contribution in [1.82, 2.24) is 42.5 Å². The van der Waals surface area contributed by atoms with Gasteiger partial charge in [0.2, 0.25) is 41.4 Å². The smallest absolute Gasteiger partial charge is 0.408 e. The number of rotatable bonds is 29. The van der Waals surface area contributed by atoms with Crippen molar-refractivity contribution < 1.29 is 83.6 Å². The fraction of sp³-hybridized carbons (Fsp3) is 0.260. The lowest BCUT2D eigenvalue weighted by Gasteiger charge is -2.37. The van der Waals surface area contributed by atoms with E-state index >= 15 is 24.0 Å². The van der Waals surface area contributed by atoms with E-state index in [9.17, 15) is 54.9 Å². The van der Waals surface area contributed by atoms with Crippen molar-refractivity contribution in [2.45, 2.75) is 121 Å². The maximum Gasteiger partial charge on any atom is 0.408 e. The third kappa shape index (κ3) is 20.8. The molecule has 8 amide bonds. The summed E-state index contributed by atoms with van der Waals surface area (Å²) in [7, 11) is 0. The van der Waals surface area contributed by atoms with Crippen LogP contribution in [0.4, 0.5) is 4.79 Å².